The highest BCUT2D eigenvalue weighted by Crippen LogP contribution is 2.39. The Morgan fingerprint density at radius 3 is 1.93 bits per heavy atom. The van der Waals surface area contributed by atoms with Crippen LogP contribution < -0.4 is 34.3 Å². The second kappa shape index (κ2) is 10.5. The molecule has 2 N–H and O–H groups in total. The zero-order chi connectivity index (χ0) is 20.5. The van der Waals surface area contributed by atoms with Gasteiger partial charge in [0.05, 0.1) is 35.5 Å². The van der Waals surface area contributed by atoms with Crippen molar-refractivity contribution in [1.82, 2.24) is 5.32 Å². The van der Waals surface area contributed by atoms with Gasteiger partial charge in [0.25, 0.3) is 0 Å². The number of methoxy groups -OCH3 is 5. The van der Waals surface area contributed by atoms with Gasteiger partial charge in [-0.1, -0.05) is 6.07 Å². The predicted molar refractivity (Wildman–Crippen MR) is 114 cm³/mol. The highest BCUT2D eigenvalue weighted by molar-refractivity contribution is 7.80. The van der Waals surface area contributed by atoms with E-state index in [0.717, 1.165) is 17.7 Å². The third-order valence-corrected chi connectivity index (χ3v) is 4.32. The summed E-state index contributed by atoms with van der Waals surface area (Å²) in [5.74, 6) is 3.05. The summed E-state index contributed by atoms with van der Waals surface area (Å²) in [6, 6.07) is 9.43. The van der Waals surface area contributed by atoms with Crippen LogP contribution in [0.25, 0.3) is 0 Å². The van der Waals surface area contributed by atoms with Gasteiger partial charge >= 0.3 is 0 Å². The quantitative estimate of drug-likeness (QED) is 0.615. The fraction of sp³-hybridized carbons (Fsp3) is 0.350. The van der Waals surface area contributed by atoms with Crippen molar-refractivity contribution in [1.29, 1.82) is 0 Å². The van der Waals surface area contributed by atoms with Gasteiger partial charge in [0.2, 0.25) is 5.75 Å². The first-order valence-corrected chi connectivity index (χ1v) is 9.02. The first kappa shape index (κ1) is 21.4. The zero-order valence-electron chi connectivity index (χ0n) is 16.8. The maximum atomic E-state index is 5.38. The number of rotatable bonds is 9. The topological polar surface area (TPSA) is 70.2 Å². The van der Waals surface area contributed by atoms with Crippen LogP contribution in [0.1, 0.15) is 5.56 Å². The van der Waals surface area contributed by atoms with Crippen molar-refractivity contribution in [2.75, 3.05) is 47.4 Å². The van der Waals surface area contributed by atoms with E-state index in [0.29, 0.717) is 40.4 Å². The minimum Gasteiger partial charge on any atom is -0.493 e. The Bertz CT molecular complexity index is 788. The number of hydrogen-bond donors (Lipinski definition) is 2. The largest absolute Gasteiger partial charge is 0.493 e. The summed E-state index contributed by atoms with van der Waals surface area (Å²) in [6.07, 6.45) is 0.775. The molecule has 0 aromatic heterocycles. The minimum atomic E-state index is 0.495. The third-order valence-electron chi connectivity index (χ3n) is 4.07. The number of ether oxygens (including phenoxy) is 5. The monoisotopic (exact) mass is 406 g/mol. The van der Waals surface area contributed by atoms with Crippen LogP contribution >= 0.6 is 12.2 Å². The molecule has 7 nitrogen and oxygen atoms in total. The first-order chi connectivity index (χ1) is 13.6. The van der Waals surface area contributed by atoms with Crippen molar-refractivity contribution < 1.29 is 23.7 Å². The van der Waals surface area contributed by atoms with Gasteiger partial charge in [0.15, 0.2) is 28.1 Å². The summed E-state index contributed by atoms with van der Waals surface area (Å²) in [4.78, 5) is 0. The van der Waals surface area contributed by atoms with Crippen molar-refractivity contribution in [2.45, 2.75) is 6.42 Å². The predicted octanol–water partition coefficient (Wildman–Crippen LogP) is 3.26. The Labute approximate surface area is 170 Å². The molecule has 0 aliphatic carbocycles. The molecule has 8 heteroatoms. The molecule has 0 bridgehead atoms. The highest BCUT2D eigenvalue weighted by atomic mass is 32.1. The molecule has 0 saturated carbocycles. The molecular weight excluding hydrogens is 380 g/mol. The molecule has 0 atom stereocenters. The Morgan fingerprint density at radius 1 is 0.786 bits per heavy atom. The van der Waals surface area contributed by atoms with Crippen molar-refractivity contribution >= 4 is 23.0 Å². The molecule has 0 unspecified atom stereocenters. The van der Waals surface area contributed by atoms with Gasteiger partial charge < -0.3 is 34.3 Å². The summed E-state index contributed by atoms with van der Waals surface area (Å²) in [7, 11) is 7.94. The van der Waals surface area contributed by atoms with Gasteiger partial charge in [-0.3, -0.25) is 0 Å². The number of thiocarbonyl (C=S) groups is 1. The average molecular weight is 407 g/mol. The normalized spacial score (nSPS) is 10.0. The molecule has 28 heavy (non-hydrogen) atoms. The van der Waals surface area contributed by atoms with E-state index >= 15 is 0 Å². The SMILES string of the molecule is COc1ccc(CCNC(=S)Nc2cc(OC)c(OC)c(OC)c2)cc1OC. The van der Waals surface area contributed by atoms with Gasteiger partial charge in [0, 0.05) is 24.4 Å². The van der Waals surface area contributed by atoms with Gasteiger partial charge in [-0.25, -0.2) is 0 Å². The summed E-state index contributed by atoms with van der Waals surface area (Å²) in [5, 5.41) is 6.81. The molecule has 152 valence electrons. The number of benzene rings is 2. The highest BCUT2D eigenvalue weighted by Gasteiger charge is 2.13. The molecule has 0 radical (unpaired) electrons. The average Bonchev–Trinajstić information content (AvgIpc) is 2.72. The number of anilines is 1. The van der Waals surface area contributed by atoms with E-state index in [1.54, 1.807) is 47.7 Å². The van der Waals surface area contributed by atoms with E-state index in [2.05, 4.69) is 10.6 Å². The molecule has 0 saturated heterocycles. The van der Waals surface area contributed by atoms with E-state index < -0.39 is 0 Å². The summed E-state index contributed by atoms with van der Waals surface area (Å²) < 4.78 is 26.6. The van der Waals surface area contributed by atoms with Gasteiger partial charge in [0.1, 0.15) is 0 Å². The van der Waals surface area contributed by atoms with E-state index in [1.165, 1.54) is 0 Å². The number of hydrogen-bond acceptors (Lipinski definition) is 6. The summed E-state index contributed by atoms with van der Waals surface area (Å²) in [6.45, 7) is 0.658. The molecule has 0 aliphatic rings. The first-order valence-electron chi connectivity index (χ1n) is 8.62. The van der Waals surface area contributed by atoms with Gasteiger partial charge in [-0.2, -0.15) is 0 Å². The van der Waals surface area contributed by atoms with Crippen molar-refractivity contribution in [2.24, 2.45) is 0 Å². The zero-order valence-corrected chi connectivity index (χ0v) is 17.6. The standard InChI is InChI=1S/C20H26N2O5S/c1-23-15-7-6-13(10-16(15)24-2)8-9-21-20(28)22-14-11-17(25-3)19(27-5)18(12-14)26-4/h6-7,10-12H,8-9H2,1-5H3,(H2,21,22,28). The van der Waals surface area contributed by atoms with Crippen LogP contribution in [0.3, 0.4) is 0 Å². The lowest BCUT2D eigenvalue weighted by Gasteiger charge is -2.16. The maximum absolute atomic E-state index is 5.38. The Hall–Kier alpha value is -2.87. The van der Waals surface area contributed by atoms with E-state index in [1.807, 2.05) is 18.2 Å². The number of nitrogens with one attached hydrogen (secondary N) is 2. The fourth-order valence-electron chi connectivity index (χ4n) is 2.69. The molecular formula is C20H26N2O5S. The van der Waals surface area contributed by atoms with Gasteiger partial charge in [-0.15, -0.1) is 0 Å². The second-order valence-electron chi connectivity index (χ2n) is 5.73. The van der Waals surface area contributed by atoms with Crippen LogP contribution in [0.2, 0.25) is 0 Å². The van der Waals surface area contributed by atoms with Crippen LogP contribution in [-0.4, -0.2) is 47.2 Å². The molecule has 2 rings (SSSR count). The van der Waals surface area contributed by atoms with Crippen LogP contribution in [0, 0.1) is 0 Å². The van der Waals surface area contributed by atoms with Crippen molar-refractivity contribution in [3.05, 3.63) is 35.9 Å². The molecule has 0 fully saturated rings. The van der Waals surface area contributed by atoms with Gasteiger partial charge in [-0.05, 0) is 36.3 Å². The molecule has 0 heterocycles. The van der Waals surface area contributed by atoms with E-state index in [9.17, 15) is 0 Å². The minimum absolute atomic E-state index is 0.495. The van der Waals surface area contributed by atoms with Crippen LogP contribution in [0.15, 0.2) is 30.3 Å². The van der Waals surface area contributed by atoms with E-state index in [-0.39, 0.29) is 0 Å². The lowest BCUT2D eigenvalue weighted by molar-refractivity contribution is 0.324. The Kier molecular flexibility index (Phi) is 8.01. The van der Waals surface area contributed by atoms with Crippen molar-refractivity contribution in [3.8, 4) is 28.7 Å². The second-order valence-corrected chi connectivity index (χ2v) is 6.14. The fourth-order valence-corrected chi connectivity index (χ4v) is 2.90. The van der Waals surface area contributed by atoms with Crippen LogP contribution in [0.4, 0.5) is 5.69 Å². The molecule has 0 spiro atoms. The maximum Gasteiger partial charge on any atom is 0.203 e. The Balaban J connectivity index is 1.96. The summed E-state index contributed by atoms with van der Waals surface area (Å²) >= 11 is 5.38. The summed E-state index contributed by atoms with van der Waals surface area (Å²) in [5.41, 5.74) is 1.85. The van der Waals surface area contributed by atoms with Crippen LogP contribution in [-0.2, 0) is 6.42 Å². The smallest absolute Gasteiger partial charge is 0.203 e. The lowest BCUT2D eigenvalue weighted by Crippen LogP contribution is -2.30. The van der Waals surface area contributed by atoms with Crippen molar-refractivity contribution in [3.63, 3.8) is 0 Å². The Morgan fingerprint density at radius 2 is 1.39 bits per heavy atom. The third kappa shape index (κ3) is 5.32. The lowest BCUT2D eigenvalue weighted by atomic mass is 10.1. The van der Waals surface area contributed by atoms with E-state index in [4.69, 9.17) is 35.9 Å². The molecule has 0 aliphatic heterocycles. The molecule has 0 amide bonds. The molecule has 2 aromatic rings. The van der Waals surface area contributed by atoms with Crippen LogP contribution in [0.5, 0.6) is 28.7 Å². The molecule has 2 aromatic carbocycles.